The van der Waals surface area contributed by atoms with Crippen molar-refractivity contribution < 1.29 is 19.0 Å². The van der Waals surface area contributed by atoms with Gasteiger partial charge in [-0.05, 0) is 31.0 Å². The van der Waals surface area contributed by atoms with Gasteiger partial charge in [-0.1, -0.05) is 15.9 Å². The average Bonchev–Trinajstić information content (AvgIpc) is 2.61. The Labute approximate surface area is 160 Å². The predicted molar refractivity (Wildman–Crippen MR) is 98.4 cm³/mol. The van der Waals surface area contributed by atoms with Gasteiger partial charge in [-0.25, -0.2) is 0 Å². The lowest BCUT2D eigenvalue weighted by atomic mass is 9.77. The number of hydrogen-bond donors (Lipinski definition) is 1. The van der Waals surface area contributed by atoms with E-state index in [0.717, 1.165) is 5.56 Å². The summed E-state index contributed by atoms with van der Waals surface area (Å²) in [5, 5.41) is 9.65. The highest BCUT2D eigenvalue weighted by Crippen LogP contribution is 2.47. The second kappa shape index (κ2) is 7.42. The number of benzene rings is 1. The maximum atomic E-state index is 12.6. The van der Waals surface area contributed by atoms with E-state index in [1.54, 1.807) is 19.2 Å². The van der Waals surface area contributed by atoms with Crippen LogP contribution < -0.4 is 15.2 Å². The Bertz CT molecular complexity index is 867. The van der Waals surface area contributed by atoms with E-state index in [9.17, 15) is 10.1 Å². The molecule has 1 heterocycles. The van der Waals surface area contributed by atoms with Crippen molar-refractivity contribution >= 4 is 21.7 Å². The number of allylic oxidation sites excluding steroid dienone is 3. The first-order valence-electron chi connectivity index (χ1n) is 8.35. The molecule has 1 aromatic rings. The average molecular weight is 419 g/mol. The van der Waals surface area contributed by atoms with Gasteiger partial charge in [-0.15, -0.1) is 0 Å². The molecular formula is C19H19BrN2O4. The van der Waals surface area contributed by atoms with E-state index in [2.05, 4.69) is 22.0 Å². The molecule has 7 heteroatoms. The quantitative estimate of drug-likeness (QED) is 0.801. The lowest BCUT2D eigenvalue weighted by Gasteiger charge is -2.31. The summed E-state index contributed by atoms with van der Waals surface area (Å²) in [6, 6.07) is 5.67. The van der Waals surface area contributed by atoms with Crippen LogP contribution in [0.1, 0.15) is 37.7 Å². The van der Waals surface area contributed by atoms with Gasteiger partial charge in [0.25, 0.3) is 0 Å². The van der Waals surface area contributed by atoms with Crippen LogP contribution in [-0.2, 0) is 9.53 Å². The number of nitrogens with zero attached hydrogens (tertiary/aromatic N) is 1. The van der Waals surface area contributed by atoms with Crippen molar-refractivity contribution in [1.82, 2.24) is 0 Å². The van der Waals surface area contributed by atoms with Crippen molar-refractivity contribution in [2.24, 2.45) is 5.73 Å². The number of carbonyl (C=O) groups excluding carboxylic acids is 1. The summed E-state index contributed by atoms with van der Waals surface area (Å²) in [6.45, 7) is 2.37. The third kappa shape index (κ3) is 3.06. The molecule has 1 atom stereocenters. The molecule has 0 spiro atoms. The Morgan fingerprint density at radius 1 is 1.38 bits per heavy atom. The molecule has 3 rings (SSSR count). The maximum absolute atomic E-state index is 12.6. The zero-order valence-corrected chi connectivity index (χ0v) is 16.2. The highest BCUT2D eigenvalue weighted by atomic mass is 79.9. The number of rotatable bonds is 4. The summed E-state index contributed by atoms with van der Waals surface area (Å²) in [5.74, 6) is 1.11. The molecule has 0 unspecified atom stereocenters. The number of methoxy groups -OCH3 is 1. The van der Waals surface area contributed by atoms with Crippen LogP contribution in [0.3, 0.4) is 0 Å². The number of nitrogens with two attached hydrogens (primary N) is 1. The number of Topliss-reactive ketones (excluding diaryl/α,β-unsaturated/α-hetero) is 1. The van der Waals surface area contributed by atoms with Crippen LogP contribution in [0.4, 0.5) is 0 Å². The second-order valence-electron chi connectivity index (χ2n) is 6.00. The molecule has 0 fully saturated rings. The summed E-state index contributed by atoms with van der Waals surface area (Å²) in [4.78, 5) is 12.6. The fourth-order valence-corrected chi connectivity index (χ4v) is 3.92. The Hall–Kier alpha value is -2.46. The zero-order valence-electron chi connectivity index (χ0n) is 14.6. The lowest BCUT2D eigenvalue weighted by molar-refractivity contribution is -0.116. The molecule has 26 heavy (non-hydrogen) atoms. The molecule has 1 aliphatic carbocycles. The SMILES string of the molecule is CCOc1cc(Br)c([C@H]2C(C#N)=C(N)OC3=C2C(=O)CCC3)cc1OC. The second-order valence-corrected chi connectivity index (χ2v) is 6.85. The van der Waals surface area contributed by atoms with E-state index in [4.69, 9.17) is 19.9 Å². The Morgan fingerprint density at radius 3 is 2.81 bits per heavy atom. The lowest BCUT2D eigenvalue weighted by Crippen LogP contribution is -2.27. The van der Waals surface area contributed by atoms with Crippen LogP contribution >= 0.6 is 15.9 Å². The van der Waals surface area contributed by atoms with Gasteiger partial charge in [0.15, 0.2) is 17.3 Å². The molecule has 136 valence electrons. The number of halogens is 1. The topological polar surface area (TPSA) is 94.6 Å². The molecule has 1 aromatic carbocycles. The van der Waals surface area contributed by atoms with Gasteiger partial charge in [-0.2, -0.15) is 5.26 Å². The van der Waals surface area contributed by atoms with E-state index in [1.165, 1.54) is 0 Å². The molecule has 0 bridgehead atoms. The minimum Gasteiger partial charge on any atom is -0.493 e. The minimum atomic E-state index is -0.587. The summed E-state index contributed by atoms with van der Waals surface area (Å²) < 4.78 is 17.3. The largest absolute Gasteiger partial charge is 0.493 e. The number of ether oxygens (including phenoxy) is 3. The number of ketones is 1. The van der Waals surface area contributed by atoms with Gasteiger partial charge in [0, 0.05) is 22.9 Å². The monoisotopic (exact) mass is 418 g/mol. The molecule has 2 N–H and O–H groups in total. The molecule has 0 amide bonds. The van der Waals surface area contributed by atoms with Crippen LogP contribution in [0.2, 0.25) is 0 Å². The van der Waals surface area contributed by atoms with Gasteiger partial charge in [-0.3, -0.25) is 4.79 Å². The van der Waals surface area contributed by atoms with Gasteiger partial charge in [0.1, 0.15) is 17.4 Å². The summed E-state index contributed by atoms with van der Waals surface area (Å²) in [7, 11) is 1.55. The van der Waals surface area contributed by atoms with Crippen molar-refractivity contribution in [3.8, 4) is 17.6 Å². The van der Waals surface area contributed by atoms with E-state index < -0.39 is 5.92 Å². The van der Waals surface area contributed by atoms with Crippen LogP contribution in [0.25, 0.3) is 0 Å². The van der Waals surface area contributed by atoms with Crippen LogP contribution in [0.15, 0.2) is 39.4 Å². The fraction of sp³-hybridized carbons (Fsp3) is 0.368. The molecule has 1 aliphatic heterocycles. The van der Waals surface area contributed by atoms with Crippen molar-refractivity contribution in [1.29, 1.82) is 5.26 Å². The van der Waals surface area contributed by atoms with Crippen molar-refractivity contribution in [2.45, 2.75) is 32.1 Å². The molecule has 0 aromatic heterocycles. The Balaban J connectivity index is 2.21. The first-order chi connectivity index (χ1) is 12.5. The van der Waals surface area contributed by atoms with Crippen molar-refractivity contribution in [3.63, 3.8) is 0 Å². The van der Waals surface area contributed by atoms with Gasteiger partial charge >= 0.3 is 0 Å². The molecule has 6 nitrogen and oxygen atoms in total. The predicted octanol–water partition coefficient (Wildman–Crippen LogP) is 3.67. The molecule has 0 saturated heterocycles. The van der Waals surface area contributed by atoms with E-state index in [-0.39, 0.29) is 17.2 Å². The van der Waals surface area contributed by atoms with E-state index in [1.807, 2.05) is 6.92 Å². The summed E-state index contributed by atoms with van der Waals surface area (Å²) >= 11 is 3.55. The molecule has 0 radical (unpaired) electrons. The molecule has 2 aliphatic rings. The number of hydrogen-bond acceptors (Lipinski definition) is 6. The van der Waals surface area contributed by atoms with Gasteiger partial charge in [0.2, 0.25) is 5.88 Å². The highest BCUT2D eigenvalue weighted by molar-refractivity contribution is 9.10. The molecule has 0 saturated carbocycles. The maximum Gasteiger partial charge on any atom is 0.205 e. The van der Waals surface area contributed by atoms with Crippen LogP contribution in [0, 0.1) is 11.3 Å². The van der Waals surface area contributed by atoms with Crippen molar-refractivity contribution in [3.05, 3.63) is 45.0 Å². The first kappa shape index (κ1) is 18.3. The van der Waals surface area contributed by atoms with E-state index in [0.29, 0.717) is 53.2 Å². The highest BCUT2D eigenvalue weighted by Gasteiger charge is 2.39. The third-order valence-electron chi connectivity index (χ3n) is 4.50. The Morgan fingerprint density at radius 2 is 2.15 bits per heavy atom. The van der Waals surface area contributed by atoms with Gasteiger partial charge < -0.3 is 19.9 Å². The minimum absolute atomic E-state index is 0.0174. The van der Waals surface area contributed by atoms with Crippen LogP contribution in [-0.4, -0.2) is 19.5 Å². The number of nitriles is 1. The smallest absolute Gasteiger partial charge is 0.205 e. The zero-order chi connectivity index (χ0) is 18.8. The van der Waals surface area contributed by atoms with Crippen molar-refractivity contribution in [2.75, 3.05) is 13.7 Å². The summed E-state index contributed by atoms with van der Waals surface area (Å²) in [6.07, 6.45) is 1.78. The van der Waals surface area contributed by atoms with Crippen LogP contribution in [0.5, 0.6) is 11.5 Å². The standard InChI is InChI=1S/C19H19BrN2O4/c1-3-25-16-8-12(20)10(7-15(16)24-2)17-11(9-21)19(22)26-14-6-4-5-13(23)18(14)17/h7-8,17H,3-6,22H2,1-2H3/t17-/m0/s1. The third-order valence-corrected chi connectivity index (χ3v) is 5.19. The van der Waals surface area contributed by atoms with E-state index >= 15 is 0 Å². The first-order valence-corrected chi connectivity index (χ1v) is 9.15. The Kier molecular flexibility index (Phi) is 5.23. The summed E-state index contributed by atoms with van der Waals surface area (Å²) in [5.41, 5.74) is 7.44. The van der Waals surface area contributed by atoms with Gasteiger partial charge in [0.05, 0.1) is 19.6 Å². The normalized spacial score (nSPS) is 19.6. The number of carbonyl (C=O) groups is 1. The fourth-order valence-electron chi connectivity index (χ4n) is 3.37. The molecular weight excluding hydrogens is 400 g/mol.